The van der Waals surface area contributed by atoms with E-state index in [1.165, 1.54) is 11.3 Å². The van der Waals surface area contributed by atoms with E-state index in [0.29, 0.717) is 33.8 Å². The minimum atomic E-state index is -3.45. The lowest BCUT2D eigenvalue weighted by molar-refractivity contribution is 0.477. The van der Waals surface area contributed by atoms with Gasteiger partial charge in [-0.15, -0.1) is 11.3 Å². The summed E-state index contributed by atoms with van der Waals surface area (Å²) in [6.45, 7) is 1.17. The summed E-state index contributed by atoms with van der Waals surface area (Å²) in [7, 11) is -3.45. The van der Waals surface area contributed by atoms with Crippen molar-refractivity contribution in [3.8, 4) is 11.3 Å². The maximum atomic E-state index is 12.8. The van der Waals surface area contributed by atoms with Crippen LogP contribution < -0.4 is 5.43 Å². The van der Waals surface area contributed by atoms with E-state index in [0.717, 1.165) is 24.0 Å². The highest BCUT2D eigenvalue weighted by Gasteiger charge is 2.27. The van der Waals surface area contributed by atoms with E-state index in [9.17, 15) is 8.42 Å². The predicted octanol–water partition coefficient (Wildman–Crippen LogP) is 4.69. The molecule has 9 heteroatoms. The molecule has 0 saturated carbocycles. The molecule has 0 aliphatic carbocycles. The van der Waals surface area contributed by atoms with Gasteiger partial charge < -0.3 is 0 Å². The number of hydrogen-bond acceptors (Lipinski definition) is 6. The fourth-order valence-corrected chi connectivity index (χ4v) is 5.53. The Kier molecular flexibility index (Phi) is 5.96. The van der Waals surface area contributed by atoms with Crippen LogP contribution in [-0.4, -0.2) is 37.0 Å². The molecule has 3 aromatic rings. The van der Waals surface area contributed by atoms with Gasteiger partial charge in [-0.25, -0.2) is 13.4 Å². The third-order valence-electron chi connectivity index (χ3n) is 4.56. The quantitative estimate of drug-likeness (QED) is 0.440. The lowest BCUT2D eigenvalue weighted by atomic mass is 10.2. The second-order valence-corrected chi connectivity index (χ2v) is 9.83. The van der Waals surface area contributed by atoms with E-state index in [1.807, 2.05) is 29.6 Å². The summed E-state index contributed by atoms with van der Waals surface area (Å²) < 4.78 is 27.1. The molecular weight excluding hydrogens is 428 g/mol. The Balaban J connectivity index is 1.49. The zero-order valence-electron chi connectivity index (χ0n) is 15.5. The smallest absolute Gasteiger partial charge is 0.243 e. The molecule has 1 fully saturated rings. The predicted molar refractivity (Wildman–Crippen MR) is 118 cm³/mol. The van der Waals surface area contributed by atoms with Crippen LogP contribution in [0, 0.1) is 0 Å². The highest BCUT2D eigenvalue weighted by Crippen LogP contribution is 2.28. The molecule has 0 amide bonds. The van der Waals surface area contributed by atoms with Crippen molar-refractivity contribution in [3.63, 3.8) is 0 Å². The van der Waals surface area contributed by atoms with E-state index in [-0.39, 0.29) is 0 Å². The van der Waals surface area contributed by atoms with Crippen molar-refractivity contribution in [2.45, 2.75) is 17.7 Å². The first-order valence-corrected chi connectivity index (χ1v) is 11.8. The third kappa shape index (κ3) is 4.67. The van der Waals surface area contributed by atoms with Crippen LogP contribution in [0.25, 0.3) is 11.3 Å². The first-order chi connectivity index (χ1) is 14.0. The Labute approximate surface area is 178 Å². The third-order valence-corrected chi connectivity index (χ3v) is 7.44. The molecule has 1 saturated heterocycles. The molecule has 0 radical (unpaired) electrons. The standard InChI is InChI=1S/C20H19ClN4O2S2/c21-17-7-3-5-15(11-17)13-22-24-20-23-19(14-28-20)16-6-4-8-18(12-16)29(26,27)25-9-1-2-10-25/h3-8,11-14H,1-2,9-10H2,(H,23,24)/b22-13+. The molecular formula is C20H19ClN4O2S2. The topological polar surface area (TPSA) is 74.7 Å². The number of halogens is 1. The van der Waals surface area contributed by atoms with Gasteiger partial charge in [0.05, 0.1) is 16.8 Å². The molecule has 2 aromatic carbocycles. The average molecular weight is 447 g/mol. The SMILES string of the molecule is O=S(=O)(c1cccc(-c2csc(N/N=C/c3cccc(Cl)c3)n2)c1)N1CCCC1. The van der Waals surface area contributed by atoms with Gasteiger partial charge in [0.25, 0.3) is 0 Å². The van der Waals surface area contributed by atoms with Gasteiger partial charge >= 0.3 is 0 Å². The lowest BCUT2D eigenvalue weighted by Crippen LogP contribution is -2.27. The molecule has 1 aromatic heterocycles. The minimum absolute atomic E-state index is 0.304. The fraction of sp³-hybridized carbons (Fsp3) is 0.200. The van der Waals surface area contributed by atoms with Crippen molar-refractivity contribution >= 4 is 44.3 Å². The molecule has 0 spiro atoms. The number of hydrazone groups is 1. The summed E-state index contributed by atoms with van der Waals surface area (Å²) >= 11 is 7.36. The molecule has 1 aliphatic heterocycles. The van der Waals surface area contributed by atoms with Crippen molar-refractivity contribution in [1.82, 2.24) is 9.29 Å². The van der Waals surface area contributed by atoms with Crippen molar-refractivity contribution in [2.75, 3.05) is 18.5 Å². The number of nitrogens with one attached hydrogen (secondary N) is 1. The number of hydrogen-bond donors (Lipinski definition) is 1. The Hall–Kier alpha value is -2.26. The molecule has 2 heterocycles. The Bertz CT molecular complexity index is 1140. The zero-order chi connectivity index (χ0) is 20.3. The normalized spacial score (nSPS) is 15.2. The number of thiazole rings is 1. The van der Waals surface area contributed by atoms with Gasteiger partial charge in [-0.1, -0.05) is 35.9 Å². The van der Waals surface area contributed by atoms with Crippen LogP contribution in [0.5, 0.6) is 0 Å². The molecule has 4 rings (SSSR count). The monoisotopic (exact) mass is 446 g/mol. The first-order valence-electron chi connectivity index (χ1n) is 9.13. The Morgan fingerprint density at radius 2 is 1.93 bits per heavy atom. The number of nitrogens with zero attached hydrogens (tertiary/aromatic N) is 3. The van der Waals surface area contributed by atoms with Crippen LogP contribution in [0.4, 0.5) is 5.13 Å². The molecule has 1 aliphatic rings. The van der Waals surface area contributed by atoms with E-state index < -0.39 is 10.0 Å². The van der Waals surface area contributed by atoms with E-state index >= 15 is 0 Å². The highest BCUT2D eigenvalue weighted by molar-refractivity contribution is 7.89. The molecule has 6 nitrogen and oxygen atoms in total. The molecule has 29 heavy (non-hydrogen) atoms. The van der Waals surface area contributed by atoms with Gasteiger partial charge in [0, 0.05) is 29.1 Å². The number of anilines is 1. The van der Waals surface area contributed by atoms with Gasteiger partial charge in [0.15, 0.2) is 0 Å². The van der Waals surface area contributed by atoms with Crippen LogP contribution in [0.2, 0.25) is 5.02 Å². The summed E-state index contributed by atoms with van der Waals surface area (Å²) in [6, 6.07) is 14.3. The maximum absolute atomic E-state index is 12.8. The molecule has 0 bridgehead atoms. The highest BCUT2D eigenvalue weighted by atomic mass is 35.5. The second kappa shape index (κ2) is 8.62. The first kappa shape index (κ1) is 20.0. The summed E-state index contributed by atoms with van der Waals surface area (Å²) in [5.74, 6) is 0. The van der Waals surface area contributed by atoms with Crippen LogP contribution in [0.3, 0.4) is 0 Å². The average Bonchev–Trinajstić information content (AvgIpc) is 3.41. The molecule has 1 N–H and O–H groups in total. The van der Waals surface area contributed by atoms with E-state index in [4.69, 9.17) is 11.6 Å². The molecule has 0 unspecified atom stereocenters. The van der Waals surface area contributed by atoms with Gasteiger partial charge in [0.2, 0.25) is 15.2 Å². The molecule has 0 atom stereocenters. The van der Waals surface area contributed by atoms with Gasteiger partial charge in [-0.05, 0) is 42.7 Å². The maximum Gasteiger partial charge on any atom is 0.243 e. The van der Waals surface area contributed by atoms with Crippen LogP contribution in [-0.2, 0) is 10.0 Å². The summed E-state index contributed by atoms with van der Waals surface area (Å²) in [6.07, 6.45) is 3.49. The number of sulfonamides is 1. The van der Waals surface area contributed by atoms with Crippen LogP contribution in [0.15, 0.2) is 63.9 Å². The number of aromatic nitrogens is 1. The van der Waals surface area contributed by atoms with Crippen molar-refractivity contribution in [1.29, 1.82) is 0 Å². The summed E-state index contributed by atoms with van der Waals surface area (Å²) in [4.78, 5) is 4.81. The van der Waals surface area contributed by atoms with Gasteiger partial charge in [-0.3, -0.25) is 5.43 Å². The van der Waals surface area contributed by atoms with Crippen molar-refractivity contribution in [2.24, 2.45) is 5.10 Å². The molecule has 150 valence electrons. The largest absolute Gasteiger partial charge is 0.253 e. The van der Waals surface area contributed by atoms with Crippen LogP contribution in [0.1, 0.15) is 18.4 Å². The van der Waals surface area contributed by atoms with Gasteiger partial charge in [0.1, 0.15) is 0 Å². The Morgan fingerprint density at radius 3 is 2.72 bits per heavy atom. The van der Waals surface area contributed by atoms with Crippen molar-refractivity contribution in [3.05, 3.63) is 64.5 Å². The zero-order valence-corrected chi connectivity index (χ0v) is 17.8. The van der Waals surface area contributed by atoms with Crippen LogP contribution >= 0.6 is 22.9 Å². The second-order valence-electron chi connectivity index (χ2n) is 6.60. The Morgan fingerprint density at radius 1 is 1.14 bits per heavy atom. The van der Waals surface area contributed by atoms with Crippen molar-refractivity contribution < 1.29 is 8.42 Å². The number of benzene rings is 2. The van der Waals surface area contributed by atoms with E-state index in [2.05, 4.69) is 15.5 Å². The summed E-state index contributed by atoms with van der Waals surface area (Å²) in [5, 5.41) is 7.32. The van der Waals surface area contributed by atoms with E-state index in [1.54, 1.807) is 34.8 Å². The lowest BCUT2D eigenvalue weighted by Gasteiger charge is -2.15. The minimum Gasteiger partial charge on any atom is -0.253 e. The summed E-state index contributed by atoms with van der Waals surface area (Å²) in [5.41, 5.74) is 5.24. The van der Waals surface area contributed by atoms with Gasteiger partial charge in [-0.2, -0.15) is 9.41 Å². The number of rotatable bonds is 6. The fourth-order valence-electron chi connectivity index (χ4n) is 3.10.